The number of nitrogens with two attached hydrogens (primary N) is 1. The highest BCUT2D eigenvalue weighted by molar-refractivity contribution is 6.04. The fraction of sp³-hybridized carbons (Fsp3) is 0.333. The van der Waals surface area contributed by atoms with Crippen molar-refractivity contribution in [3.05, 3.63) is 83.1 Å². The van der Waals surface area contributed by atoms with Gasteiger partial charge in [0, 0.05) is 37.9 Å². The van der Waals surface area contributed by atoms with Crippen molar-refractivity contribution in [2.45, 2.75) is 66.7 Å². The van der Waals surface area contributed by atoms with E-state index in [1.54, 1.807) is 39.8 Å². The molecule has 5 aromatic heterocycles. The van der Waals surface area contributed by atoms with E-state index in [-0.39, 0.29) is 29.9 Å². The smallest absolute Gasteiger partial charge is 0.276 e. The minimum absolute atomic E-state index is 0.253. The first-order valence-electron chi connectivity index (χ1n) is 17.3. The van der Waals surface area contributed by atoms with Crippen LogP contribution in [0.15, 0.2) is 54.7 Å². The Morgan fingerprint density at radius 2 is 1.50 bits per heavy atom. The Balaban J connectivity index is 1.22. The van der Waals surface area contributed by atoms with E-state index in [9.17, 15) is 14.4 Å². The summed E-state index contributed by atoms with van der Waals surface area (Å²) in [5.74, 6) is 0.173. The second-order valence-corrected chi connectivity index (χ2v) is 12.8. The number of pyridine rings is 1. The maximum Gasteiger partial charge on any atom is 0.276 e. The van der Waals surface area contributed by atoms with E-state index in [2.05, 4.69) is 30.8 Å². The van der Waals surface area contributed by atoms with Crippen molar-refractivity contribution >= 4 is 51.8 Å². The van der Waals surface area contributed by atoms with E-state index in [0.29, 0.717) is 77.6 Å². The van der Waals surface area contributed by atoms with Crippen molar-refractivity contribution in [3.63, 3.8) is 0 Å². The average Bonchev–Trinajstić information content (AvgIpc) is 3.41. The molecule has 1 aliphatic carbocycles. The highest BCUT2D eigenvalue weighted by Crippen LogP contribution is 2.34. The van der Waals surface area contributed by atoms with Gasteiger partial charge in [-0.25, -0.2) is 9.97 Å². The van der Waals surface area contributed by atoms with Crippen LogP contribution in [0.25, 0.3) is 22.2 Å². The van der Waals surface area contributed by atoms with Crippen LogP contribution in [0.1, 0.15) is 69.4 Å². The fourth-order valence-corrected chi connectivity index (χ4v) is 6.12. The number of allylic oxidation sites excluding steroid dienone is 2. The lowest BCUT2D eigenvalue weighted by Gasteiger charge is -2.13. The zero-order valence-corrected chi connectivity index (χ0v) is 29.5. The second-order valence-electron chi connectivity index (χ2n) is 12.8. The van der Waals surface area contributed by atoms with Crippen molar-refractivity contribution < 1.29 is 19.1 Å². The first-order valence-corrected chi connectivity index (χ1v) is 17.3. The molecule has 6 aromatic rings. The minimum atomic E-state index is -0.611. The molecule has 0 aliphatic heterocycles. The molecule has 1 aliphatic rings. The van der Waals surface area contributed by atoms with E-state index < -0.39 is 5.91 Å². The van der Waals surface area contributed by atoms with Crippen molar-refractivity contribution in [3.8, 4) is 5.75 Å². The van der Waals surface area contributed by atoms with Gasteiger partial charge >= 0.3 is 0 Å². The number of aryl methyl sites for hydroxylation is 4. The number of fused-ring (bicyclic) bond motifs is 2. The number of rotatable bonds is 14. The maximum absolute atomic E-state index is 13.6. The topological polar surface area (TPSA) is 195 Å². The fourth-order valence-electron chi connectivity index (χ4n) is 6.12. The Kier molecular flexibility index (Phi) is 9.28. The van der Waals surface area contributed by atoms with Gasteiger partial charge in [-0.15, -0.1) is 0 Å². The third kappa shape index (κ3) is 6.86. The molecule has 268 valence electrons. The summed E-state index contributed by atoms with van der Waals surface area (Å²) in [5.41, 5.74) is 10.5. The number of nitrogens with one attached hydrogen (secondary N) is 2. The molecule has 0 spiro atoms. The van der Waals surface area contributed by atoms with Gasteiger partial charge in [0.25, 0.3) is 11.8 Å². The predicted molar refractivity (Wildman–Crippen MR) is 194 cm³/mol. The molecular formula is C36H40N12O4. The van der Waals surface area contributed by atoms with Gasteiger partial charge in [0.05, 0.1) is 29.0 Å². The number of anilines is 2. The van der Waals surface area contributed by atoms with Crippen molar-refractivity contribution in [2.24, 2.45) is 11.7 Å². The van der Waals surface area contributed by atoms with Crippen LogP contribution in [-0.2, 0) is 26.2 Å². The minimum Gasteiger partial charge on any atom is -0.491 e. The summed E-state index contributed by atoms with van der Waals surface area (Å²) < 4.78 is 13.2. The van der Waals surface area contributed by atoms with Crippen LogP contribution in [0, 0.1) is 19.8 Å². The molecule has 52 heavy (non-hydrogen) atoms. The summed E-state index contributed by atoms with van der Waals surface area (Å²) >= 11 is 0. The lowest BCUT2D eigenvalue weighted by molar-refractivity contribution is 0.0994. The number of benzene rings is 1. The molecule has 0 bridgehead atoms. The number of primary amides is 1. The SMILES string of the molecule is CCn1nc(C)cc1C(=O)Nc1nc2ncccc2n1C/C=C/Cn1c(NC(=O)c2cc(C)nn2CC)nc2cc(C(N)=O)cc(OCC3CC3)c21. The van der Waals surface area contributed by atoms with Gasteiger partial charge in [-0.1, -0.05) is 12.2 Å². The molecule has 16 heteroatoms. The van der Waals surface area contributed by atoms with E-state index in [0.717, 1.165) is 24.1 Å². The van der Waals surface area contributed by atoms with Gasteiger partial charge in [-0.05, 0) is 82.9 Å². The normalized spacial score (nSPS) is 13.0. The van der Waals surface area contributed by atoms with Gasteiger partial charge in [-0.3, -0.25) is 34.4 Å². The lowest BCUT2D eigenvalue weighted by Crippen LogP contribution is -2.20. The third-order valence-electron chi connectivity index (χ3n) is 8.85. The van der Waals surface area contributed by atoms with E-state index in [1.165, 1.54) is 0 Å². The summed E-state index contributed by atoms with van der Waals surface area (Å²) in [7, 11) is 0. The number of ether oxygens (including phenoxy) is 1. The molecule has 1 aromatic carbocycles. The number of aromatic nitrogens is 9. The lowest BCUT2D eigenvalue weighted by atomic mass is 10.1. The van der Waals surface area contributed by atoms with Crippen LogP contribution < -0.4 is 21.1 Å². The molecule has 0 radical (unpaired) electrons. The molecular weight excluding hydrogens is 664 g/mol. The molecule has 4 N–H and O–H groups in total. The number of nitrogens with zero attached hydrogens (tertiary/aromatic N) is 9. The number of amides is 3. The summed E-state index contributed by atoms with van der Waals surface area (Å²) in [6.45, 7) is 9.66. The van der Waals surface area contributed by atoms with E-state index in [4.69, 9.17) is 15.5 Å². The van der Waals surface area contributed by atoms with Gasteiger partial charge in [0.2, 0.25) is 17.8 Å². The number of carbonyl (C=O) groups excluding carboxylic acids is 3. The van der Waals surface area contributed by atoms with Crippen LogP contribution >= 0.6 is 0 Å². The molecule has 0 atom stereocenters. The third-order valence-corrected chi connectivity index (χ3v) is 8.85. The van der Waals surface area contributed by atoms with E-state index >= 15 is 0 Å². The van der Waals surface area contributed by atoms with Crippen molar-refractivity contribution in [1.82, 2.24) is 43.6 Å². The highest BCUT2D eigenvalue weighted by Gasteiger charge is 2.25. The maximum atomic E-state index is 13.6. The summed E-state index contributed by atoms with van der Waals surface area (Å²) in [5, 5.41) is 14.7. The van der Waals surface area contributed by atoms with Gasteiger partial charge in [0.15, 0.2) is 5.65 Å². The largest absolute Gasteiger partial charge is 0.491 e. The van der Waals surface area contributed by atoms with Gasteiger partial charge in [0.1, 0.15) is 22.7 Å². The Morgan fingerprint density at radius 1 is 0.885 bits per heavy atom. The summed E-state index contributed by atoms with van der Waals surface area (Å²) in [6.07, 6.45) is 7.66. The number of imidazole rings is 2. The van der Waals surface area contributed by atoms with Crippen LogP contribution in [0.5, 0.6) is 5.75 Å². The Hall–Kier alpha value is -6.32. The molecule has 0 unspecified atom stereocenters. The molecule has 3 amide bonds. The first-order chi connectivity index (χ1) is 25.1. The Bertz CT molecular complexity index is 2360. The Morgan fingerprint density at radius 3 is 2.10 bits per heavy atom. The molecule has 1 fully saturated rings. The van der Waals surface area contributed by atoms with Crippen molar-refractivity contribution in [1.29, 1.82) is 0 Å². The monoisotopic (exact) mass is 704 g/mol. The number of hydrogen-bond donors (Lipinski definition) is 3. The molecule has 5 heterocycles. The summed E-state index contributed by atoms with van der Waals surface area (Å²) in [6, 6.07) is 10.4. The van der Waals surface area contributed by atoms with Crippen LogP contribution in [-0.4, -0.2) is 68.0 Å². The molecule has 16 nitrogen and oxygen atoms in total. The van der Waals surface area contributed by atoms with Crippen molar-refractivity contribution in [2.75, 3.05) is 17.2 Å². The Labute approximate surface area is 298 Å². The summed E-state index contributed by atoms with van der Waals surface area (Å²) in [4.78, 5) is 53.0. The van der Waals surface area contributed by atoms with Crippen LogP contribution in [0.4, 0.5) is 11.9 Å². The van der Waals surface area contributed by atoms with Crippen LogP contribution in [0.2, 0.25) is 0 Å². The molecule has 7 rings (SSSR count). The van der Waals surface area contributed by atoms with Gasteiger partial charge < -0.3 is 19.6 Å². The average molecular weight is 705 g/mol. The van der Waals surface area contributed by atoms with Crippen LogP contribution in [0.3, 0.4) is 0 Å². The quantitative estimate of drug-likeness (QED) is 0.137. The standard InChI is InChI=1S/C36H40N12O4/c1-5-47-27(16-21(3)43-47)33(50)41-35-39-25-18-24(31(37)49)19-29(52-20-23-11-12-23)30(25)46(35)15-8-7-14-45-26-10-9-13-38-32(26)40-36(45)42-34(51)28-17-22(4)44-48(28)6-2/h7-10,13,16-19,23H,5-6,11-12,14-15,20H2,1-4H3,(H2,37,49)(H,39,41,50)(H,38,40,42,51)/b8-7+. The predicted octanol–water partition coefficient (Wildman–Crippen LogP) is 4.48. The zero-order valence-electron chi connectivity index (χ0n) is 29.5. The molecule has 0 saturated heterocycles. The highest BCUT2D eigenvalue weighted by atomic mass is 16.5. The number of hydrogen-bond acceptors (Lipinski definition) is 9. The first kappa shape index (κ1) is 34.1. The van der Waals surface area contributed by atoms with E-state index in [1.807, 2.05) is 61.1 Å². The molecule has 1 saturated carbocycles. The zero-order chi connectivity index (χ0) is 36.5. The second kappa shape index (κ2) is 14.1. The number of carbonyl (C=O) groups is 3. The van der Waals surface area contributed by atoms with Gasteiger partial charge in [-0.2, -0.15) is 15.2 Å².